The number of aromatic nitrogens is 6. The summed E-state index contributed by atoms with van der Waals surface area (Å²) in [6.45, 7) is 4.12. The summed E-state index contributed by atoms with van der Waals surface area (Å²) < 4.78 is 28.1. The van der Waals surface area contributed by atoms with Gasteiger partial charge in [0.15, 0.2) is 0 Å². The highest BCUT2D eigenvalue weighted by Gasteiger charge is 2.43. The van der Waals surface area contributed by atoms with Crippen molar-refractivity contribution in [3.63, 3.8) is 0 Å². The number of nitrogens with zero attached hydrogens (tertiary/aromatic N) is 6. The molecule has 1 amide bonds. The second kappa shape index (κ2) is 15.7. The third-order valence-corrected chi connectivity index (χ3v) is 10.6. The highest BCUT2D eigenvalue weighted by molar-refractivity contribution is 6.08. The van der Waals surface area contributed by atoms with Gasteiger partial charge in [-0.15, -0.1) is 0 Å². The summed E-state index contributed by atoms with van der Waals surface area (Å²) >= 11 is 0. The fraction of sp³-hybridized carbons (Fsp3) is 0.200. The van der Waals surface area contributed by atoms with Crippen LogP contribution in [0.1, 0.15) is 33.5 Å². The van der Waals surface area contributed by atoms with Crippen molar-refractivity contribution in [1.29, 1.82) is 0 Å². The van der Waals surface area contributed by atoms with Gasteiger partial charge in [-0.2, -0.15) is 5.10 Å². The molecule has 5 N–H and O–H groups in total. The number of amides is 1. The van der Waals surface area contributed by atoms with E-state index in [9.17, 15) is 13.6 Å². The molecule has 7 heterocycles. The Bertz CT molecular complexity index is 2710. The zero-order chi connectivity index (χ0) is 39.6. The standard InChI is InChI=1S/C28H24F2N6O.C17H18N4/c29-28(30)17-35(18-28)14-20-7-4-8-21(9-20)22-10-24-25(13-32-26(24)31-11-22)34-27(37)23-12-33-36(16-23)15-19-5-2-1-3-6-19;18-16-10-20-17-15(16)8-14(9-19-17)13-4-1-3-12(7-13)11-21-5-2-6-21/h1-13,16H,14-15,17-18H2,(H,31,32)(H,34,37);1,3-4,7-10H,2,5-6,11,18H2,(H,19,20). The predicted octanol–water partition coefficient (Wildman–Crippen LogP) is 8.20. The smallest absolute Gasteiger partial charge is 0.272 e. The molecule has 2 fully saturated rings. The van der Waals surface area contributed by atoms with Crippen molar-refractivity contribution in [3.8, 4) is 22.3 Å². The van der Waals surface area contributed by atoms with Gasteiger partial charge in [0.25, 0.3) is 11.8 Å². The average Bonchev–Trinajstić information content (AvgIpc) is 3.95. The van der Waals surface area contributed by atoms with Crippen LogP contribution in [0.5, 0.6) is 0 Å². The van der Waals surface area contributed by atoms with E-state index in [4.69, 9.17) is 5.73 Å². The molecule has 0 radical (unpaired) electrons. The second-order valence-corrected chi connectivity index (χ2v) is 15.1. The molecule has 58 heavy (non-hydrogen) atoms. The van der Waals surface area contributed by atoms with Crippen molar-refractivity contribution < 1.29 is 13.6 Å². The van der Waals surface area contributed by atoms with Crippen LogP contribution in [0, 0.1) is 0 Å². The van der Waals surface area contributed by atoms with Crippen molar-refractivity contribution >= 4 is 39.3 Å². The first kappa shape index (κ1) is 36.9. The normalized spacial score (nSPS) is 15.1. The van der Waals surface area contributed by atoms with E-state index < -0.39 is 5.92 Å². The van der Waals surface area contributed by atoms with E-state index in [1.807, 2.05) is 66.9 Å². The first-order valence-corrected chi connectivity index (χ1v) is 19.3. The number of hydrogen-bond acceptors (Lipinski definition) is 7. The molecular weight excluding hydrogens is 735 g/mol. The van der Waals surface area contributed by atoms with Gasteiger partial charge in [0.1, 0.15) is 11.3 Å². The monoisotopic (exact) mass is 776 g/mol. The number of likely N-dealkylation sites (tertiary alicyclic amines) is 2. The van der Waals surface area contributed by atoms with Crippen LogP contribution in [0.25, 0.3) is 44.3 Å². The molecule has 292 valence electrons. The Morgan fingerprint density at radius 3 is 1.98 bits per heavy atom. The summed E-state index contributed by atoms with van der Waals surface area (Å²) in [5.74, 6) is -2.85. The van der Waals surface area contributed by atoms with Crippen molar-refractivity contribution in [2.75, 3.05) is 37.2 Å². The van der Waals surface area contributed by atoms with Crippen LogP contribution in [-0.2, 0) is 19.6 Å². The summed E-state index contributed by atoms with van der Waals surface area (Å²) in [6, 6.07) is 30.5. The maximum Gasteiger partial charge on any atom is 0.272 e. The van der Waals surface area contributed by atoms with E-state index in [2.05, 4.69) is 65.6 Å². The van der Waals surface area contributed by atoms with Gasteiger partial charge >= 0.3 is 0 Å². The number of fused-ring (bicyclic) bond motifs is 2. The number of carbonyl (C=O) groups is 1. The van der Waals surface area contributed by atoms with Crippen LogP contribution >= 0.6 is 0 Å². The van der Waals surface area contributed by atoms with Crippen LogP contribution < -0.4 is 11.1 Å². The van der Waals surface area contributed by atoms with Crippen LogP contribution in [0.15, 0.2) is 128 Å². The number of aromatic amines is 2. The van der Waals surface area contributed by atoms with Gasteiger partial charge in [-0.1, -0.05) is 66.7 Å². The molecule has 0 spiro atoms. The number of pyridine rings is 2. The number of hydrogen-bond donors (Lipinski definition) is 4. The molecule has 3 aromatic carbocycles. The maximum absolute atomic E-state index is 13.2. The van der Waals surface area contributed by atoms with Crippen LogP contribution in [0.4, 0.5) is 20.2 Å². The van der Waals surface area contributed by atoms with Crippen molar-refractivity contribution in [2.45, 2.75) is 32.0 Å². The van der Waals surface area contributed by atoms with Crippen molar-refractivity contribution in [1.82, 2.24) is 39.5 Å². The van der Waals surface area contributed by atoms with Crippen molar-refractivity contribution in [2.24, 2.45) is 0 Å². The second-order valence-electron chi connectivity index (χ2n) is 15.1. The third kappa shape index (κ3) is 8.22. The maximum atomic E-state index is 13.2. The predicted molar refractivity (Wildman–Crippen MR) is 223 cm³/mol. The van der Waals surface area contributed by atoms with E-state index >= 15 is 0 Å². The minimum Gasteiger partial charge on any atom is -0.397 e. The van der Waals surface area contributed by atoms with Crippen LogP contribution in [0.3, 0.4) is 0 Å². The summed E-state index contributed by atoms with van der Waals surface area (Å²) in [4.78, 5) is 32.3. The molecule has 0 aliphatic carbocycles. The average molecular weight is 777 g/mol. The zero-order valence-electron chi connectivity index (χ0n) is 31.7. The van der Waals surface area contributed by atoms with E-state index in [1.54, 1.807) is 40.6 Å². The molecule has 10 rings (SSSR count). The van der Waals surface area contributed by atoms with E-state index in [0.717, 1.165) is 56.5 Å². The zero-order valence-corrected chi connectivity index (χ0v) is 31.7. The van der Waals surface area contributed by atoms with Gasteiger partial charge in [-0.3, -0.25) is 19.3 Å². The molecule has 5 aromatic heterocycles. The first-order chi connectivity index (χ1) is 28.2. The number of anilines is 2. The van der Waals surface area contributed by atoms with E-state index in [-0.39, 0.29) is 19.0 Å². The van der Waals surface area contributed by atoms with E-state index in [0.29, 0.717) is 30.0 Å². The minimum atomic E-state index is -2.58. The van der Waals surface area contributed by atoms with Gasteiger partial charge in [-0.25, -0.2) is 18.7 Å². The number of halogens is 2. The van der Waals surface area contributed by atoms with Gasteiger partial charge < -0.3 is 21.0 Å². The number of alkyl halides is 2. The highest BCUT2D eigenvalue weighted by atomic mass is 19.3. The number of nitrogens with one attached hydrogen (secondary N) is 3. The van der Waals surface area contributed by atoms with Crippen LogP contribution in [0.2, 0.25) is 0 Å². The quantitative estimate of drug-likeness (QED) is 0.110. The number of rotatable bonds is 10. The van der Waals surface area contributed by atoms with E-state index in [1.165, 1.54) is 30.6 Å². The number of carbonyl (C=O) groups excluding carboxylic acids is 1. The Labute approximate surface area is 333 Å². The molecule has 2 saturated heterocycles. The molecule has 0 saturated carbocycles. The Hall–Kier alpha value is -6.70. The SMILES string of the molecule is Nc1c[nH]c2ncc(-c3cccc(CN4CCC4)c3)cc12.O=C(Nc1c[nH]c2ncc(-c3cccc(CN4CC(F)(F)C4)c3)cc12)c1cnn(Cc2ccccc2)c1. The fourth-order valence-electron chi connectivity index (χ4n) is 7.45. The first-order valence-electron chi connectivity index (χ1n) is 19.3. The van der Waals surface area contributed by atoms with Gasteiger partial charge in [0, 0.05) is 66.0 Å². The lowest BCUT2D eigenvalue weighted by molar-refractivity contribution is -0.133. The summed E-state index contributed by atoms with van der Waals surface area (Å²) in [5, 5.41) is 9.03. The summed E-state index contributed by atoms with van der Waals surface area (Å²) in [5.41, 5.74) is 16.8. The Morgan fingerprint density at radius 2 is 1.33 bits per heavy atom. The molecule has 8 aromatic rings. The Kier molecular flexibility index (Phi) is 9.98. The minimum absolute atomic E-state index is 0.206. The number of nitrogen functional groups attached to an aromatic ring is 1. The number of benzene rings is 3. The molecule has 0 unspecified atom stereocenters. The fourth-order valence-corrected chi connectivity index (χ4v) is 7.45. The number of nitrogens with two attached hydrogens (primary N) is 1. The molecule has 0 bridgehead atoms. The lowest BCUT2D eigenvalue weighted by Crippen LogP contribution is -2.55. The Morgan fingerprint density at radius 1 is 0.707 bits per heavy atom. The van der Waals surface area contributed by atoms with Gasteiger partial charge in [0.05, 0.1) is 42.8 Å². The molecule has 2 aliphatic rings. The number of H-pyrrole nitrogens is 2. The third-order valence-electron chi connectivity index (χ3n) is 10.6. The van der Waals surface area contributed by atoms with Crippen molar-refractivity contribution in [3.05, 3.63) is 150 Å². The lowest BCUT2D eigenvalue weighted by atomic mass is 10.0. The lowest BCUT2D eigenvalue weighted by Gasteiger charge is -2.38. The van der Waals surface area contributed by atoms with Crippen LogP contribution in [-0.4, -0.2) is 77.5 Å². The molecule has 2 aliphatic heterocycles. The topological polar surface area (TPSA) is 137 Å². The molecule has 11 nitrogen and oxygen atoms in total. The largest absolute Gasteiger partial charge is 0.397 e. The summed E-state index contributed by atoms with van der Waals surface area (Å²) in [7, 11) is 0. The Balaban J connectivity index is 0.000000175. The molecule has 13 heteroatoms. The van der Waals surface area contributed by atoms with Gasteiger partial charge in [0.2, 0.25) is 0 Å². The molecular formula is C45H42F2N10O. The highest BCUT2D eigenvalue weighted by Crippen LogP contribution is 2.31. The summed E-state index contributed by atoms with van der Waals surface area (Å²) in [6.07, 6.45) is 11.8. The molecule has 0 atom stereocenters. The van der Waals surface area contributed by atoms with Gasteiger partial charge in [-0.05, 0) is 71.6 Å².